The number of likely N-dealkylation sites (N-methyl/N-ethyl adjacent to an activating group) is 1. The van der Waals surface area contributed by atoms with Gasteiger partial charge in [0.05, 0.1) is 12.2 Å². The Kier molecular flexibility index (Phi) is 4.94. The van der Waals surface area contributed by atoms with Crippen molar-refractivity contribution in [3.8, 4) is 0 Å². The van der Waals surface area contributed by atoms with Crippen LogP contribution in [0.5, 0.6) is 0 Å². The van der Waals surface area contributed by atoms with E-state index in [2.05, 4.69) is 33.0 Å². The van der Waals surface area contributed by atoms with Gasteiger partial charge in [0.25, 0.3) is 0 Å². The van der Waals surface area contributed by atoms with Crippen LogP contribution in [0, 0.1) is 17.3 Å². The van der Waals surface area contributed by atoms with Gasteiger partial charge in [-0.15, -0.1) is 0 Å². The summed E-state index contributed by atoms with van der Waals surface area (Å²) < 4.78 is 6.40. The van der Waals surface area contributed by atoms with Crippen molar-refractivity contribution in [2.75, 3.05) is 19.7 Å². The lowest BCUT2D eigenvalue weighted by molar-refractivity contribution is -0.0879. The van der Waals surface area contributed by atoms with Crippen LogP contribution in [0.4, 0.5) is 0 Å². The van der Waals surface area contributed by atoms with E-state index in [1.54, 1.807) is 0 Å². The van der Waals surface area contributed by atoms with Crippen LogP contribution in [0.3, 0.4) is 0 Å². The Balaban J connectivity index is 1.87. The summed E-state index contributed by atoms with van der Waals surface area (Å²) in [6.45, 7) is 12.5. The van der Waals surface area contributed by atoms with E-state index >= 15 is 0 Å². The number of hydrogen-bond acceptors (Lipinski definition) is 2. The second-order valence-corrected chi connectivity index (χ2v) is 7.86. The van der Waals surface area contributed by atoms with Crippen molar-refractivity contribution in [3.63, 3.8) is 0 Å². The second-order valence-electron chi connectivity index (χ2n) is 7.86. The van der Waals surface area contributed by atoms with E-state index < -0.39 is 0 Å². The van der Waals surface area contributed by atoms with Gasteiger partial charge in [0.2, 0.25) is 0 Å². The van der Waals surface area contributed by atoms with Crippen LogP contribution in [0.1, 0.15) is 66.2 Å². The lowest BCUT2D eigenvalue weighted by Gasteiger charge is -2.44. The molecule has 112 valence electrons. The van der Waals surface area contributed by atoms with E-state index in [9.17, 15) is 0 Å². The van der Waals surface area contributed by atoms with E-state index in [0.717, 1.165) is 31.5 Å². The molecule has 0 aromatic heterocycles. The number of rotatable bonds is 6. The highest BCUT2D eigenvalue weighted by Gasteiger charge is 2.40. The van der Waals surface area contributed by atoms with Crippen LogP contribution in [0.2, 0.25) is 0 Å². The minimum absolute atomic E-state index is 0.139. The summed E-state index contributed by atoms with van der Waals surface area (Å²) in [5.74, 6) is 1.74. The topological polar surface area (TPSA) is 21.3 Å². The van der Waals surface area contributed by atoms with E-state index in [1.165, 1.54) is 38.5 Å². The third kappa shape index (κ3) is 4.46. The molecule has 0 heterocycles. The Morgan fingerprint density at radius 3 is 2.21 bits per heavy atom. The van der Waals surface area contributed by atoms with Gasteiger partial charge >= 0.3 is 0 Å². The minimum Gasteiger partial charge on any atom is -0.373 e. The van der Waals surface area contributed by atoms with Crippen molar-refractivity contribution < 1.29 is 4.74 Å². The van der Waals surface area contributed by atoms with Gasteiger partial charge in [-0.05, 0) is 62.3 Å². The summed E-state index contributed by atoms with van der Waals surface area (Å²) in [5, 5.41) is 3.53. The van der Waals surface area contributed by atoms with Crippen molar-refractivity contribution >= 4 is 0 Å². The minimum atomic E-state index is 0.139. The normalized spacial score (nSPS) is 32.5. The molecule has 0 saturated heterocycles. The fraction of sp³-hybridized carbons (Fsp3) is 1.00. The van der Waals surface area contributed by atoms with Gasteiger partial charge in [-0.1, -0.05) is 27.7 Å². The maximum atomic E-state index is 6.40. The first kappa shape index (κ1) is 15.3. The molecule has 2 saturated carbocycles. The number of ether oxygens (including phenoxy) is 1. The molecule has 2 fully saturated rings. The molecule has 0 aromatic carbocycles. The molecule has 0 unspecified atom stereocenters. The van der Waals surface area contributed by atoms with Gasteiger partial charge in [-0.25, -0.2) is 0 Å². The molecule has 0 atom stereocenters. The predicted octanol–water partition coefficient (Wildman–Crippen LogP) is 4.00. The summed E-state index contributed by atoms with van der Waals surface area (Å²) in [6, 6.07) is 0. The molecule has 0 radical (unpaired) electrons. The molecule has 2 heteroatoms. The standard InChI is InChI=1S/C17H33NO/c1-5-18-13-17(19-12-14-6-7-14)10-8-15(9-11-17)16(2,3)4/h14-15,18H,5-13H2,1-4H3. The highest BCUT2D eigenvalue weighted by Crippen LogP contribution is 2.43. The Labute approximate surface area is 119 Å². The van der Waals surface area contributed by atoms with Crippen molar-refractivity contribution in [1.82, 2.24) is 5.32 Å². The van der Waals surface area contributed by atoms with Crippen molar-refractivity contribution in [2.24, 2.45) is 17.3 Å². The fourth-order valence-electron chi connectivity index (χ4n) is 3.31. The van der Waals surface area contributed by atoms with Gasteiger partial charge in [0.1, 0.15) is 0 Å². The molecule has 19 heavy (non-hydrogen) atoms. The second kappa shape index (κ2) is 6.13. The van der Waals surface area contributed by atoms with Crippen LogP contribution >= 0.6 is 0 Å². The highest BCUT2D eigenvalue weighted by molar-refractivity contribution is 4.92. The van der Waals surface area contributed by atoms with Gasteiger partial charge in [-0.3, -0.25) is 0 Å². The Morgan fingerprint density at radius 2 is 1.74 bits per heavy atom. The maximum absolute atomic E-state index is 6.40. The van der Waals surface area contributed by atoms with E-state index in [-0.39, 0.29) is 5.60 Å². The molecule has 0 aliphatic heterocycles. The van der Waals surface area contributed by atoms with Gasteiger partial charge in [0.15, 0.2) is 0 Å². The zero-order valence-corrected chi connectivity index (χ0v) is 13.4. The molecule has 2 rings (SSSR count). The predicted molar refractivity (Wildman–Crippen MR) is 81.4 cm³/mol. The summed E-state index contributed by atoms with van der Waals surface area (Å²) in [4.78, 5) is 0. The maximum Gasteiger partial charge on any atom is 0.0806 e. The van der Waals surface area contributed by atoms with E-state index in [0.29, 0.717) is 5.41 Å². The molecule has 0 spiro atoms. The van der Waals surface area contributed by atoms with Gasteiger partial charge < -0.3 is 10.1 Å². The molecular weight excluding hydrogens is 234 g/mol. The van der Waals surface area contributed by atoms with Crippen LogP contribution in [0.25, 0.3) is 0 Å². The molecule has 0 amide bonds. The third-order valence-corrected chi connectivity index (χ3v) is 5.14. The smallest absolute Gasteiger partial charge is 0.0806 e. The van der Waals surface area contributed by atoms with Crippen LogP contribution in [-0.2, 0) is 4.74 Å². The Morgan fingerprint density at radius 1 is 1.11 bits per heavy atom. The van der Waals surface area contributed by atoms with Crippen molar-refractivity contribution in [1.29, 1.82) is 0 Å². The quantitative estimate of drug-likeness (QED) is 0.785. The summed E-state index contributed by atoms with van der Waals surface area (Å²) in [5.41, 5.74) is 0.598. The lowest BCUT2D eigenvalue weighted by atomic mass is 9.68. The number of hydrogen-bond donors (Lipinski definition) is 1. The first-order valence-electron chi connectivity index (χ1n) is 8.30. The number of nitrogens with one attached hydrogen (secondary N) is 1. The summed E-state index contributed by atoms with van der Waals surface area (Å²) in [6.07, 6.45) is 7.94. The molecule has 2 nitrogen and oxygen atoms in total. The molecule has 0 bridgehead atoms. The fourth-order valence-corrected chi connectivity index (χ4v) is 3.31. The third-order valence-electron chi connectivity index (χ3n) is 5.14. The monoisotopic (exact) mass is 267 g/mol. The molecule has 2 aliphatic carbocycles. The van der Waals surface area contributed by atoms with Crippen molar-refractivity contribution in [3.05, 3.63) is 0 Å². The molecule has 2 aliphatic rings. The SMILES string of the molecule is CCNCC1(OCC2CC2)CCC(C(C)(C)C)CC1. The molecular formula is C17H33NO. The largest absolute Gasteiger partial charge is 0.373 e. The van der Waals surface area contributed by atoms with E-state index in [4.69, 9.17) is 4.74 Å². The molecule has 0 aromatic rings. The van der Waals surface area contributed by atoms with Crippen molar-refractivity contribution in [2.45, 2.75) is 71.8 Å². The summed E-state index contributed by atoms with van der Waals surface area (Å²) in [7, 11) is 0. The van der Waals surface area contributed by atoms with Gasteiger partial charge in [-0.2, -0.15) is 0 Å². The lowest BCUT2D eigenvalue weighted by Crippen LogP contribution is -2.47. The Bertz CT molecular complexity index is 269. The molecule has 1 N–H and O–H groups in total. The first-order valence-corrected chi connectivity index (χ1v) is 8.30. The van der Waals surface area contributed by atoms with Crippen LogP contribution < -0.4 is 5.32 Å². The average Bonchev–Trinajstić information content (AvgIpc) is 3.18. The average molecular weight is 267 g/mol. The Hall–Kier alpha value is -0.0800. The zero-order valence-electron chi connectivity index (χ0n) is 13.4. The van der Waals surface area contributed by atoms with Gasteiger partial charge in [0, 0.05) is 6.54 Å². The first-order chi connectivity index (χ1) is 8.95. The van der Waals surface area contributed by atoms with E-state index in [1.807, 2.05) is 0 Å². The highest BCUT2D eigenvalue weighted by atomic mass is 16.5. The summed E-state index contributed by atoms with van der Waals surface area (Å²) >= 11 is 0. The van der Waals surface area contributed by atoms with Crippen LogP contribution in [-0.4, -0.2) is 25.3 Å². The van der Waals surface area contributed by atoms with Crippen LogP contribution in [0.15, 0.2) is 0 Å². The zero-order chi connectivity index (χ0) is 13.9.